The molecule has 11 nitrogen and oxygen atoms in total. The van der Waals surface area contributed by atoms with Crippen LogP contribution in [0.4, 0.5) is 0 Å². The standard InChI is InChI=1S/C26H42O11/c1-23-6-3-7-24(2,22(34)35)19(23)18(32)20(33)25-8-12(4-5-14(23)25)26(10-25,11-28)37-21-17(31)16(30)15(29)13(9-27)36-21/h12-21,27-33H,3-11H2,1-2H3,(H,34,35)/t12-,13+,14+,15+,16-,17+,18+,19+,20+,21-,23+,24-,25-,26+/m0/s1. The third-order valence-corrected chi connectivity index (χ3v) is 11.3. The predicted octanol–water partition coefficient (Wildman–Crippen LogP) is -1.03. The van der Waals surface area contributed by atoms with Crippen LogP contribution in [-0.2, 0) is 14.3 Å². The Hall–Kier alpha value is -0.890. The molecule has 212 valence electrons. The Morgan fingerprint density at radius 2 is 1.68 bits per heavy atom. The number of carboxylic acids is 1. The molecule has 0 radical (unpaired) electrons. The maximum Gasteiger partial charge on any atom is 0.309 e. The summed E-state index contributed by atoms with van der Waals surface area (Å²) in [6.07, 6.45) is -6.18. The summed E-state index contributed by atoms with van der Waals surface area (Å²) in [5.74, 6) is -1.98. The summed E-state index contributed by atoms with van der Waals surface area (Å²) in [5, 5.41) is 84.6. The van der Waals surface area contributed by atoms with Crippen molar-refractivity contribution in [2.75, 3.05) is 13.2 Å². The van der Waals surface area contributed by atoms with Crippen molar-refractivity contribution in [3.8, 4) is 0 Å². The van der Waals surface area contributed by atoms with E-state index in [1.165, 1.54) is 0 Å². The van der Waals surface area contributed by atoms with Gasteiger partial charge in [0.1, 0.15) is 24.4 Å². The van der Waals surface area contributed by atoms with Crippen LogP contribution in [-0.4, -0.2) is 109 Å². The molecule has 0 aromatic rings. The van der Waals surface area contributed by atoms with E-state index < -0.39 is 89.9 Å². The summed E-state index contributed by atoms with van der Waals surface area (Å²) in [4.78, 5) is 12.4. The highest BCUT2D eigenvalue weighted by Crippen LogP contribution is 2.73. The smallest absolute Gasteiger partial charge is 0.309 e. The number of carbonyl (C=O) groups is 1. The lowest BCUT2D eigenvalue weighted by Crippen LogP contribution is -2.69. The molecule has 5 aliphatic rings. The summed E-state index contributed by atoms with van der Waals surface area (Å²) in [5.41, 5.74) is -3.84. The van der Waals surface area contributed by atoms with Crippen molar-refractivity contribution in [3.63, 3.8) is 0 Å². The van der Waals surface area contributed by atoms with Crippen molar-refractivity contribution in [1.82, 2.24) is 0 Å². The molecule has 11 heteroatoms. The molecule has 5 rings (SSSR count). The number of aliphatic hydroxyl groups excluding tert-OH is 7. The average Bonchev–Trinajstić information content (AvgIpc) is 3.10. The van der Waals surface area contributed by atoms with Crippen molar-refractivity contribution in [1.29, 1.82) is 0 Å². The maximum absolute atomic E-state index is 12.4. The number of ether oxygens (including phenoxy) is 2. The van der Waals surface area contributed by atoms with E-state index in [2.05, 4.69) is 0 Å². The highest BCUT2D eigenvalue weighted by Gasteiger charge is 2.74. The molecule has 0 amide bonds. The molecule has 14 atom stereocenters. The van der Waals surface area contributed by atoms with Gasteiger partial charge in [-0.2, -0.15) is 0 Å². The first-order valence-corrected chi connectivity index (χ1v) is 13.5. The van der Waals surface area contributed by atoms with Crippen LogP contribution >= 0.6 is 0 Å². The van der Waals surface area contributed by atoms with E-state index in [9.17, 15) is 45.6 Å². The summed E-state index contributed by atoms with van der Waals surface area (Å²) in [7, 11) is 0. The van der Waals surface area contributed by atoms with Gasteiger partial charge in [0, 0.05) is 11.3 Å². The van der Waals surface area contributed by atoms with Crippen LogP contribution in [0.3, 0.4) is 0 Å². The van der Waals surface area contributed by atoms with E-state index in [1.54, 1.807) is 6.92 Å². The number of carboxylic acid groups (broad SMARTS) is 1. The second-order valence-corrected chi connectivity index (χ2v) is 13.0. The summed E-state index contributed by atoms with van der Waals surface area (Å²) in [6, 6.07) is 0. The zero-order chi connectivity index (χ0) is 27.1. The highest BCUT2D eigenvalue weighted by atomic mass is 16.7. The van der Waals surface area contributed by atoms with Crippen molar-refractivity contribution in [3.05, 3.63) is 0 Å². The Morgan fingerprint density at radius 3 is 2.30 bits per heavy atom. The van der Waals surface area contributed by atoms with Crippen molar-refractivity contribution >= 4 is 5.97 Å². The van der Waals surface area contributed by atoms with Gasteiger partial charge in [-0.1, -0.05) is 13.3 Å². The van der Waals surface area contributed by atoms with Gasteiger partial charge in [0.2, 0.25) is 0 Å². The second kappa shape index (κ2) is 9.07. The van der Waals surface area contributed by atoms with Crippen LogP contribution in [0.1, 0.15) is 58.8 Å². The molecule has 5 fully saturated rings. The molecule has 4 aliphatic carbocycles. The molecule has 1 heterocycles. The SMILES string of the molecule is C[C@]12CCC[C@](C)(C(=O)O)[C@@H]1[C@@H](O)[C@@H](O)[C@]13C[C@H](CC[C@H]21)[C@@](CO)(O[C@@H]1O[C@H](CO)[C@@H](O)[C@H](O)[C@H]1O)C3. The minimum atomic E-state index is -1.63. The normalized spacial score (nSPS) is 57.4. The Bertz CT molecular complexity index is 900. The lowest BCUT2D eigenvalue weighted by atomic mass is 9.39. The van der Waals surface area contributed by atoms with Crippen LogP contribution in [0.15, 0.2) is 0 Å². The van der Waals surface area contributed by atoms with Crippen LogP contribution < -0.4 is 0 Å². The van der Waals surface area contributed by atoms with E-state index in [-0.39, 0.29) is 18.3 Å². The summed E-state index contributed by atoms with van der Waals surface area (Å²) in [6.45, 7) is 2.64. The predicted molar refractivity (Wildman–Crippen MR) is 126 cm³/mol. The van der Waals surface area contributed by atoms with Crippen LogP contribution in [0.2, 0.25) is 0 Å². The molecule has 2 bridgehead atoms. The van der Waals surface area contributed by atoms with Gasteiger partial charge in [-0.3, -0.25) is 4.79 Å². The maximum atomic E-state index is 12.4. The fourth-order valence-corrected chi connectivity index (χ4v) is 9.67. The number of aliphatic carboxylic acids is 1. The number of hydrogen-bond donors (Lipinski definition) is 8. The third kappa shape index (κ3) is 3.62. The highest BCUT2D eigenvalue weighted by molar-refractivity contribution is 5.75. The molecule has 8 N–H and O–H groups in total. The Labute approximate surface area is 216 Å². The minimum absolute atomic E-state index is 0.120. The van der Waals surface area contributed by atoms with Crippen LogP contribution in [0, 0.1) is 34.0 Å². The zero-order valence-corrected chi connectivity index (χ0v) is 21.4. The van der Waals surface area contributed by atoms with Crippen LogP contribution in [0.25, 0.3) is 0 Å². The lowest BCUT2D eigenvalue weighted by molar-refractivity contribution is -0.335. The third-order valence-electron chi connectivity index (χ3n) is 11.3. The lowest BCUT2D eigenvalue weighted by Gasteiger charge is -2.66. The Morgan fingerprint density at radius 1 is 0.973 bits per heavy atom. The van der Waals surface area contributed by atoms with Gasteiger partial charge >= 0.3 is 5.97 Å². The topological polar surface area (TPSA) is 197 Å². The van der Waals surface area contributed by atoms with Gasteiger partial charge in [-0.05, 0) is 62.7 Å². The molecule has 37 heavy (non-hydrogen) atoms. The molecular weight excluding hydrogens is 488 g/mol. The number of hydrogen-bond acceptors (Lipinski definition) is 10. The van der Waals surface area contributed by atoms with Crippen molar-refractivity contribution in [2.45, 2.75) is 107 Å². The fourth-order valence-electron chi connectivity index (χ4n) is 9.67. The molecule has 1 saturated heterocycles. The second-order valence-electron chi connectivity index (χ2n) is 13.0. The average molecular weight is 531 g/mol. The first kappa shape index (κ1) is 27.7. The van der Waals surface area contributed by atoms with Gasteiger partial charge in [0.15, 0.2) is 6.29 Å². The summed E-state index contributed by atoms with van der Waals surface area (Å²) >= 11 is 0. The Kier molecular flexibility index (Phi) is 6.78. The van der Waals surface area contributed by atoms with Gasteiger partial charge < -0.3 is 50.3 Å². The fraction of sp³-hybridized carbons (Fsp3) is 0.962. The Balaban J connectivity index is 1.50. The quantitative estimate of drug-likeness (QED) is 0.216. The molecule has 0 aromatic heterocycles. The zero-order valence-electron chi connectivity index (χ0n) is 21.4. The molecular formula is C26H42O11. The van der Waals surface area contributed by atoms with Crippen molar-refractivity contribution < 1.29 is 55.1 Å². The largest absolute Gasteiger partial charge is 0.481 e. The van der Waals surface area contributed by atoms with E-state index in [0.717, 1.165) is 6.42 Å². The van der Waals surface area contributed by atoms with Gasteiger partial charge in [-0.25, -0.2) is 0 Å². The number of fused-ring (bicyclic) bond motifs is 3. The molecule has 1 spiro atoms. The molecule has 1 aliphatic heterocycles. The van der Waals surface area contributed by atoms with Gasteiger partial charge in [-0.15, -0.1) is 0 Å². The molecule has 0 unspecified atom stereocenters. The van der Waals surface area contributed by atoms with Gasteiger partial charge in [0.05, 0.1) is 36.4 Å². The van der Waals surface area contributed by atoms with Gasteiger partial charge in [0.25, 0.3) is 0 Å². The van der Waals surface area contributed by atoms with E-state index in [1.807, 2.05) is 6.92 Å². The van der Waals surface area contributed by atoms with Crippen molar-refractivity contribution in [2.24, 2.45) is 34.0 Å². The van der Waals surface area contributed by atoms with Crippen LogP contribution in [0.5, 0.6) is 0 Å². The number of aliphatic hydroxyl groups is 7. The first-order chi connectivity index (χ1) is 17.3. The monoisotopic (exact) mass is 530 g/mol. The number of rotatable bonds is 5. The molecule has 0 aromatic carbocycles. The summed E-state index contributed by atoms with van der Waals surface area (Å²) < 4.78 is 11.8. The van der Waals surface area contributed by atoms with E-state index in [4.69, 9.17) is 9.47 Å². The van der Waals surface area contributed by atoms with E-state index in [0.29, 0.717) is 32.1 Å². The first-order valence-electron chi connectivity index (χ1n) is 13.5. The minimum Gasteiger partial charge on any atom is -0.481 e. The van der Waals surface area contributed by atoms with E-state index >= 15 is 0 Å². The molecule has 4 saturated carbocycles.